The van der Waals surface area contributed by atoms with Gasteiger partial charge in [0.15, 0.2) is 0 Å². The monoisotopic (exact) mass is 198 g/mol. The van der Waals surface area contributed by atoms with Gasteiger partial charge in [0.1, 0.15) is 0 Å². The van der Waals surface area contributed by atoms with E-state index >= 15 is 0 Å². The molecule has 14 heavy (non-hydrogen) atoms. The lowest BCUT2D eigenvalue weighted by Gasteiger charge is -2.14. The second-order valence-corrected chi connectivity index (χ2v) is 4.95. The van der Waals surface area contributed by atoms with E-state index in [9.17, 15) is 4.79 Å². The third-order valence-corrected chi connectivity index (χ3v) is 2.76. The van der Waals surface area contributed by atoms with Gasteiger partial charge in [0, 0.05) is 18.5 Å². The summed E-state index contributed by atoms with van der Waals surface area (Å²) >= 11 is 0. The lowest BCUT2D eigenvalue weighted by atomic mass is 10.0. The Balaban J connectivity index is 2.10. The van der Waals surface area contributed by atoms with E-state index in [1.807, 2.05) is 0 Å². The van der Waals surface area contributed by atoms with Crippen molar-refractivity contribution in [3.63, 3.8) is 0 Å². The van der Waals surface area contributed by atoms with Crippen molar-refractivity contribution in [2.24, 2.45) is 23.5 Å². The number of nitrogens with two attached hydrogens (primary N) is 1. The summed E-state index contributed by atoms with van der Waals surface area (Å²) in [5.74, 6) is 1.64. The van der Waals surface area contributed by atoms with E-state index in [-0.39, 0.29) is 17.9 Å². The fourth-order valence-electron chi connectivity index (χ4n) is 1.74. The van der Waals surface area contributed by atoms with Gasteiger partial charge in [0.2, 0.25) is 5.91 Å². The highest BCUT2D eigenvalue weighted by Gasteiger charge is 2.38. The number of nitrogens with one attached hydrogen (secondary N) is 1. The molecular weight excluding hydrogens is 176 g/mol. The van der Waals surface area contributed by atoms with Crippen molar-refractivity contribution in [1.29, 1.82) is 0 Å². The average Bonchev–Trinajstić information content (AvgIpc) is 2.77. The number of hydrogen-bond donors (Lipinski definition) is 2. The van der Waals surface area contributed by atoms with Gasteiger partial charge in [-0.05, 0) is 24.7 Å². The van der Waals surface area contributed by atoms with E-state index in [0.29, 0.717) is 18.4 Å². The molecule has 1 aliphatic carbocycles. The van der Waals surface area contributed by atoms with E-state index in [0.717, 1.165) is 12.8 Å². The van der Waals surface area contributed by atoms with Crippen LogP contribution in [-0.2, 0) is 4.79 Å². The smallest absolute Gasteiger partial charge is 0.223 e. The van der Waals surface area contributed by atoms with Gasteiger partial charge in [-0.25, -0.2) is 0 Å². The molecule has 0 spiro atoms. The minimum Gasteiger partial charge on any atom is -0.354 e. The fourth-order valence-corrected chi connectivity index (χ4v) is 1.74. The second-order valence-electron chi connectivity index (χ2n) is 4.95. The van der Waals surface area contributed by atoms with Gasteiger partial charge < -0.3 is 11.1 Å². The highest BCUT2D eigenvalue weighted by atomic mass is 16.2. The maximum absolute atomic E-state index is 11.4. The Kier molecular flexibility index (Phi) is 3.93. The molecule has 0 heterocycles. The maximum atomic E-state index is 11.4. The first-order valence-corrected chi connectivity index (χ1v) is 5.54. The van der Waals surface area contributed by atoms with Gasteiger partial charge in [-0.15, -0.1) is 0 Å². The molecule has 0 aliphatic heterocycles. The van der Waals surface area contributed by atoms with Crippen molar-refractivity contribution in [1.82, 2.24) is 5.32 Å². The van der Waals surface area contributed by atoms with Crippen LogP contribution < -0.4 is 11.1 Å². The minimum atomic E-state index is 0.105. The maximum Gasteiger partial charge on any atom is 0.223 e. The van der Waals surface area contributed by atoms with Crippen molar-refractivity contribution < 1.29 is 4.79 Å². The van der Waals surface area contributed by atoms with E-state index in [2.05, 4.69) is 26.1 Å². The third kappa shape index (κ3) is 3.66. The predicted octanol–water partition coefficient (Wildman–Crippen LogP) is 1.13. The lowest BCUT2D eigenvalue weighted by molar-refractivity contribution is -0.122. The first kappa shape index (κ1) is 11.5. The molecule has 0 aromatic heterocycles. The van der Waals surface area contributed by atoms with Crippen molar-refractivity contribution in [3.8, 4) is 0 Å². The van der Waals surface area contributed by atoms with Crippen LogP contribution in [0.5, 0.6) is 0 Å². The molecule has 0 aromatic carbocycles. The van der Waals surface area contributed by atoms with Crippen LogP contribution >= 0.6 is 0 Å². The highest BCUT2D eigenvalue weighted by molar-refractivity contribution is 5.81. The zero-order valence-electron chi connectivity index (χ0n) is 9.42. The summed E-state index contributed by atoms with van der Waals surface area (Å²) in [6.45, 7) is 7.02. The molecule has 0 radical (unpaired) electrons. The van der Waals surface area contributed by atoms with Crippen LogP contribution in [0.2, 0.25) is 0 Å². The van der Waals surface area contributed by atoms with E-state index in [1.54, 1.807) is 0 Å². The summed E-state index contributed by atoms with van der Waals surface area (Å²) < 4.78 is 0. The van der Waals surface area contributed by atoms with Crippen LogP contribution in [0.3, 0.4) is 0 Å². The van der Waals surface area contributed by atoms with Gasteiger partial charge in [-0.1, -0.05) is 20.8 Å². The molecule has 3 heteroatoms. The number of rotatable bonds is 5. The van der Waals surface area contributed by atoms with Gasteiger partial charge in [-0.2, -0.15) is 0 Å². The molecule has 82 valence electrons. The summed E-state index contributed by atoms with van der Waals surface area (Å²) in [5, 5.41) is 2.92. The van der Waals surface area contributed by atoms with Crippen LogP contribution in [0, 0.1) is 17.8 Å². The number of amides is 1. The third-order valence-electron chi connectivity index (χ3n) is 2.76. The van der Waals surface area contributed by atoms with Gasteiger partial charge in [0.25, 0.3) is 0 Å². The van der Waals surface area contributed by atoms with Crippen molar-refractivity contribution in [2.75, 3.05) is 6.54 Å². The molecule has 0 saturated heterocycles. The summed E-state index contributed by atoms with van der Waals surface area (Å²) in [5.41, 5.74) is 5.86. The Labute approximate surface area is 86.4 Å². The first-order valence-electron chi connectivity index (χ1n) is 5.54. The van der Waals surface area contributed by atoms with Gasteiger partial charge in [-0.3, -0.25) is 4.79 Å². The van der Waals surface area contributed by atoms with Crippen molar-refractivity contribution >= 4 is 5.91 Å². The highest BCUT2D eigenvalue weighted by Crippen LogP contribution is 2.37. The van der Waals surface area contributed by atoms with Crippen LogP contribution in [0.15, 0.2) is 0 Å². The zero-order valence-corrected chi connectivity index (χ0v) is 9.42. The van der Waals surface area contributed by atoms with E-state index in [4.69, 9.17) is 5.73 Å². The topological polar surface area (TPSA) is 55.1 Å². The molecule has 1 fully saturated rings. The summed E-state index contributed by atoms with van der Waals surface area (Å²) in [4.78, 5) is 11.4. The second kappa shape index (κ2) is 4.78. The molecule has 0 bridgehead atoms. The minimum absolute atomic E-state index is 0.105. The zero-order chi connectivity index (χ0) is 10.7. The summed E-state index contributed by atoms with van der Waals surface area (Å²) in [6.07, 6.45) is 2.02. The van der Waals surface area contributed by atoms with Crippen LogP contribution in [0.4, 0.5) is 0 Å². The standard InChI is InChI=1S/C11H22N2O/c1-7(2)4-9(12)6-13-11(14)10-5-8(10)3/h7-10H,4-6,12H2,1-3H3,(H,13,14). The van der Waals surface area contributed by atoms with Gasteiger partial charge >= 0.3 is 0 Å². The largest absolute Gasteiger partial charge is 0.354 e. The summed E-state index contributed by atoms with van der Waals surface area (Å²) in [6, 6.07) is 0.105. The van der Waals surface area contributed by atoms with Crippen molar-refractivity contribution in [3.05, 3.63) is 0 Å². The number of carbonyl (C=O) groups excluding carboxylic acids is 1. The fraction of sp³-hybridized carbons (Fsp3) is 0.909. The lowest BCUT2D eigenvalue weighted by Crippen LogP contribution is -2.38. The summed E-state index contributed by atoms with van der Waals surface area (Å²) in [7, 11) is 0. The average molecular weight is 198 g/mol. The number of carbonyl (C=O) groups is 1. The molecule has 1 saturated carbocycles. The Hall–Kier alpha value is -0.570. The molecule has 3 N–H and O–H groups in total. The Bertz CT molecular complexity index is 203. The van der Waals surface area contributed by atoms with Crippen LogP contribution in [0.1, 0.15) is 33.6 Å². The Morgan fingerprint density at radius 2 is 2.14 bits per heavy atom. The van der Waals surface area contributed by atoms with Crippen LogP contribution in [0.25, 0.3) is 0 Å². The Morgan fingerprint density at radius 1 is 1.57 bits per heavy atom. The molecule has 3 atom stereocenters. The number of hydrogen-bond acceptors (Lipinski definition) is 2. The van der Waals surface area contributed by atoms with Crippen LogP contribution in [-0.4, -0.2) is 18.5 Å². The molecular formula is C11H22N2O. The molecule has 3 nitrogen and oxygen atoms in total. The molecule has 1 amide bonds. The first-order chi connectivity index (χ1) is 6.50. The molecule has 0 aromatic rings. The van der Waals surface area contributed by atoms with E-state index in [1.165, 1.54) is 0 Å². The molecule has 1 aliphatic rings. The van der Waals surface area contributed by atoms with Crippen molar-refractivity contribution in [2.45, 2.75) is 39.7 Å². The van der Waals surface area contributed by atoms with Gasteiger partial charge in [0.05, 0.1) is 0 Å². The molecule has 3 unspecified atom stereocenters. The normalized spacial score (nSPS) is 27.5. The Morgan fingerprint density at radius 3 is 2.57 bits per heavy atom. The predicted molar refractivity (Wildman–Crippen MR) is 57.7 cm³/mol. The SMILES string of the molecule is CC(C)CC(N)CNC(=O)C1CC1C. The quantitative estimate of drug-likeness (QED) is 0.696. The molecule has 1 rings (SSSR count). The van der Waals surface area contributed by atoms with E-state index < -0.39 is 0 Å².